The summed E-state index contributed by atoms with van der Waals surface area (Å²) in [5, 5.41) is 6.86. The highest BCUT2D eigenvalue weighted by Gasteiger charge is 2.12. The molecule has 0 bridgehead atoms. The second-order valence-corrected chi connectivity index (χ2v) is 7.86. The van der Waals surface area contributed by atoms with Gasteiger partial charge in [-0.2, -0.15) is 0 Å². The first kappa shape index (κ1) is 20.6. The lowest BCUT2D eigenvalue weighted by molar-refractivity contribution is -0.120. The molecule has 0 aliphatic carbocycles. The molecular formula is C21H20Cl2N2O2S. The Balaban J connectivity index is 1.55. The molecule has 0 unspecified atom stereocenters. The Labute approximate surface area is 178 Å². The van der Waals surface area contributed by atoms with Crippen molar-refractivity contribution in [3.63, 3.8) is 0 Å². The molecule has 7 heteroatoms. The van der Waals surface area contributed by atoms with Crippen LogP contribution in [0.3, 0.4) is 0 Å². The van der Waals surface area contributed by atoms with Gasteiger partial charge in [0.15, 0.2) is 0 Å². The molecule has 3 aromatic rings. The molecule has 3 rings (SSSR count). The number of rotatable bonds is 8. The van der Waals surface area contributed by atoms with Crippen molar-refractivity contribution < 1.29 is 9.53 Å². The number of para-hydroxylation sites is 1. The van der Waals surface area contributed by atoms with Crippen LogP contribution in [0.25, 0.3) is 10.6 Å². The van der Waals surface area contributed by atoms with E-state index in [4.69, 9.17) is 27.9 Å². The molecule has 0 radical (unpaired) electrons. The SMILES string of the molecule is CCOc1ccccc1-c1nc(CC(=O)NCCc2cc(Cl)cc(Cl)c2)cs1. The van der Waals surface area contributed by atoms with Crippen molar-refractivity contribution >= 4 is 40.4 Å². The molecule has 1 aromatic heterocycles. The third kappa shape index (κ3) is 5.71. The van der Waals surface area contributed by atoms with E-state index < -0.39 is 0 Å². The first-order valence-electron chi connectivity index (χ1n) is 8.93. The van der Waals surface area contributed by atoms with Crippen molar-refractivity contribution in [2.45, 2.75) is 19.8 Å². The van der Waals surface area contributed by atoms with E-state index in [1.807, 2.05) is 48.7 Å². The van der Waals surface area contributed by atoms with Crippen LogP contribution in [-0.2, 0) is 17.6 Å². The number of halogens is 2. The number of amides is 1. The molecular weight excluding hydrogens is 415 g/mol. The number of thiazole rings is 1. The summed E-state index contributed by atoms with van der Waals surface area (Å²) >= 11 is 13.5. The van der Waals surface area contributed by atoms with E-state index in [0.29, 0.717) is 29.6 Å². The van der Waals surface area contributed by atoms with Crippen LogP contribution in [0.5, 0.6) is 5.75 Å². The summed E-state index contributed by atoms with van der Waals surface area (Å²) < 4.78 is 5.66. The molecule has 0 aliphatic heterocycles. The van der Waals surface area contributed by atoms with E-state index in [-0.39, 0.29) is 12.3 Å². The number of hydrogen-bond donors (Lipinski definition) is 1. The van der Waals surface area contributed by atoms with E-state index in [1.54, 1.807) is 6.07 Å². The lowest BCUT2D eigenvalue weighted by atomic mass is 10.1. The van der Waals surface area contributed by atoms with Crippen LogP contribution in [0.1, 0.15) is 18.2 Å². The normalized spacial score (nSPS) is 10.7. The smallest absolute Gasteiger partial charge is 0.226 e. The minimum atomic E-state index is -0.0666. The number of hydrogen-bond acceptors (Lipinski definition) is 4. The number of ether oxygens (including phenoxy) is 1. The first-order chi connectivity index (χ1) is 13.5. The number of carbonyl (C=O) groups excluding carboxylic acids is 1. The summed E-state index contributed by atoms with van der Waals surface area (Å²) in [7, 11) is 0. The molecule has 0 saturated heterocycles. The predicted octanol–water partition coefficient (Wildman–Crippen LogP) is 5.42. The van der Waals surface area contributed by atoms with Crippen LogP contribution in [0, 0.1) is 0 Å². The van der Waals surface area contributed by atoms with Crippen LogP contribution < -0.4 is 10.1 Å². The van der Waals surface area contributed by atoms with Gasteiger partial charge in [-0.1, -0.05) is 35.3 Å². The topological polar surface area (TPSA) is 51.2 Å². The zero-order chi connectivity index (χ0) is 19.9. The number of carbonyl (C=O) groups is 1. The van der Waals surface area contributed by atoms with Gasteiger partial charge in [0, 0.05) is 22.0 Å². The van der Waals surface area contributed by atoms with Gasteiger partial charge in [0.1, 0.15) is 10.8 Å². The molecule has 2 aromatic carbocycles. The maximum Gasteiger partial charge on any atom is 0.226 e. The van der Waals surface area contributed by atoms with Crippen LogP contribution in [-0.4, -0.2) is 24.0 Å². The van der Waals surface area contributed by atoms with E-state index in [1.165, 1.54) is 11.3 Å². The Morgan fingerprint density at radius 2 is 1.93 bits per heavy atom. The lowest BCUT2D eigenvalue weighted by Crippen LogP contribution is -2.27. The van der Waals surface area contributed by atoms with E-state index >= 15 is 0 Å². The van der Waals surface area contributed by atoms with Crippen LogP contribution in [0.4, 0.5) is 0 Å². The summed E-state index contributed by atoms with van der Waals surface area (Å²) in [6.45, 7) is 3.06. The molecule has 0 aliphatic rings. The van der Waals surface area contributed by atoms with Crippen molar-refractivity contribution in [1.29, 1.82) is 0 Å². The largest absolute Gasteiger partial charge is 0.493 e. The number of aromatic nitrogens is 1. The maximum atomic E-state index is 12.2. The molecule has 0 atom stereocenters. The second kappa shape index (κ2) is 9.92. The fraction of sp³-hybridized carbons (Fsp3) is 0.238. The minimum Gasteiger partial charge on any atom is -0.493 e. The van der Waals surface area contributed by atoms with Gasteiger partial charge in [-0.15, -0.1) is 11.3 Å². The number of nitrogens with one attached hydrogen (secondary N) is 1. The average Bonchev–Trinajstić information content (AvgIpc) is 3.10. The van der Waals surface area contributed by atoms with Gasteiger partial charge in [-0.3, -0.25) is 4.79 Å². The zero-order valence-corrected chi connectivity index (χ0v) is 17.7. The highest BCUT2D eigenvalue weighted by atomic mass is 35.5. The standard InChI is InChI=1S/C21H20Cl2N2O2S/c1-2-27-19-6-4-3-5-18(19)21-25-17(13-28-21)12-20(26)24-8-7-14-9-15(22)11-16(23)10-14/h3-6,9-11,13H,2,7-8,12H2,1H3,(H,24,26). The average molecular weight is 435 g/mol. The highest BCUT2D eigenvalue weighted by Crippen LogP contribution is 2.32. The molecule has 28 heavy (non-hydrogen) atoms. The van der Waals surface area contributed by atoms with Crippen LogP contribution in [0.2, 0.25) is 10.0 Å². The summed E-state index contributed by atoms with van der Waals surface area (Å²) in [4.78, 5) is 16.8. The monoisotopic (exact) mass is 434 g/mol. The molecule has 1 amide bonds. The van der Waals surface area contributed by atoms with Crippen LogP contribution >= 0.6 is 34.5 Å². The fourth-order valence-electron chi connectivity index (χ4n) is 2.77. The molecule has 1 N–H and O–H groups in total. The number of nitrogens with zero attached hydrogens (tertiary/aromatic N) is 1. The summed E-state index contributed by atoms with van der Waals surface area (Å²) in [5.41, 5.74) is 2.68. The Hall–Kier alpha value is -2.08. The van der Waals surface area contributed by atoms with Crippen molar-refractivity contribution in [2.24, 2.45) is 0 Å². The predicted molar refractivity (Wildman–Crippen MR) is 116 cm³/mol. The van der Waals surface area contributed by atoms with Crippen molar-refractivity contribution in [2.75, 3.05) is 13.2 Å². The van der Waals surface area contributed by atoms with E-state index in [2.05, 4.69) is 10.3 Å². The molecule has 1 heterocycles. The van der Waals surface area contributed by atoms with Crippen LogP contribution in [0.15, 0.2) is 47.8 Å². The summed E-state index contributed by atoms with van der Waals surface area (Å²) in [5.74, 6) is 0.735. The molecule has 146 valence electrons. The Morgan fingerprint density at radius 3 is 2.68 bits per heavy atom. The Kier molecular flexibility index (Phi) is 7.31. The van der Waals surface area contributed by atoms with E-state index in [0.717, 1.165) is 27.6 Å². The second-order valence-electron chi connectivity index (χ2n) is 6.13. The van der Waals surface area contributed by atoms with Crippen molar-refractivity contribution in [3.8, 4) is 16.3 Å². The van der Waals surface area contributed by atoms with Gasteiger partial charge in [-0.05, 0) is 49.2 Å². The minimum absolute atomic E-state index is 0.0666. The van der Waals surface area contributed by atoms with Gasteiger partial charge >= 0.3 is 0 Å². The molecule has 0 spiro atoms. The van der Waals surface area contributed by atoms with E-state index in [9.17, 15) is 4.79 Å². The van der Waals surface area contributed by atoms with Gasteiger partial charge in [0.2, 0.25) is 5.91 Å². The van der Waals surface area contributed by atoms with Crippen molar-refractivity contribution in [3.05, 3.63) is 69.1 Å². The van der Waals surface area contributed by atoms with Crippen molar-refractivity contribution in [1.82, 2.24) is 10.3 Å². The first-order valence-corrected chi connectivity index (χ1v) is 10.6. The molecule has 0 fully saturated rings. The third-order valence-electron chi connectivity index (χ3n) is 3.97. The Morgan fingerprint density at radius 1 is 1.18 bits per heavy atom. The van der Waals surface area contributed by atoms with Gasteiger partial charge in [-0.25, -0.2) is 4.98 Å². The summed E-state index contributed by atoms with van der Waals surface area (Å²) in [6, 6.07) is 13.2. The maximum absolute atomic E-state index is 12.2. The van der Waals surface area contributed by atoms with Gasteiger partial charge in [0.05, 0.1) is 24.3 Å². The fourth-order valence-corrected chi connectivity index (χ4v) is 4.19. The summed E-state index contributed by atoms with van der Waals surface area (Å²) in [6.07, 6.45) is 0.902. The zero-order valence-electron chi connectivity index (χ0n) is 15.4. The quantitative estimate of drug-likeness (QED) is 0.514. The molecule has 4 nitrogen and oxygen atoms in total. The lowest BCUT2D eigenvalue weighted by Gasteiger charge is -2.07. The number of benzene rings is 2. The highest BCUT2D eigenvalue weighted by molar-refractivity contribution is 7.13. The van der Waals surface area contributed by atoms with Gasteiger partial charge in [0.25, 0.3) is 0 Å². The Bertz CT molecular complexity index is 939. The molecule has 0 saturated carbocycles. The van der Waals surface area contributed by atoms with Gasteiger partial charge < -0.3 is 10.1 Å². The third-order valence-corrected chi connectivity index (χ3v) is 5.33.